The Labute approximate surface area is 115 Å². The number of benzene rings is 1. The second-order valence-corrected chi connectivity index (χ2v) is 5.80. The number of anilines is 1. The van der Waals surface area contributed by atoms with E-state index in [0.717, 1.165) is 41.6 Å². The molecule has 1 fully saturated rings. The quantitative estimate of drug-likeness (QED) is 0.935. The Morgan fingerprint density at radius 2 is 2.47 bits per heavy atom. The lowest BCUT2D eigenvalue weighted by molar-refractivity contribution is -0.0117. The fraction of sp³-hybridized carbons (Fsp3) is 0.462. The first-order valence-corrected chi connectivity index (χ1v) is 7.12. The minimum atomic E-state index is -0.222. The van der Waals surface area contributed by atoms with E-state index >= 15 is 0 Å². The Kier molecular flexibility index (Phi) is 3.63. The van der Waals surface area contributed by atoms with Crippen LogP contribution in [-0.2, 0) is 4.74 Å². The summed E-state index contributed by atoms with van der Waals surface area (Å²) in [4.78, 5) is 6.68. The molecule has 1 aromatic carbocycles. The maximum atomic E-state index is 13.1. The molecule has 1 aliphatic heterocycles. The minimum absolute atomic E-state index is 0.183. The van der Waals surface area contributed by atoms with Crippen molar-refractivity contribution < 1.29 is 9.13 Å². The Hall–Kier alpha value is -1.24. The number of thiazole rings is 1. The second-order valence-electron chi connectivity index (χ2n) is 4.77. The summed E-state index contributed by atoms with van der Waals surface area (Å²) in [7, 11) is 2.09. The van der Waals surface area contributed by atoms with Crippen LogP contribution in [0, 0.1) is 5.82 Å². The number of morpholine rings is 1. The number of aromatic nitrogens is 1. The molecule has 0 saturated carbocycles. The maximum absolute atomic E-state index is 13.1. The van der Waals surface area contributed by atoms with Crippen LogP contribution in [0.3, 0.4) is 0 Å². The zero-order chi connectivity index (χ0) is 13.2. The van der Waals surface area contributed by atoms with E-state index in [9.17, 15) is 4.39 Å². The SMILES string of the molecule is CN1CCOC(CNc2nc3ccc(F)cc3s2)C1. The molecule has 19 heavy (non-hydrogen) atoms. The van der Waals surface area contributed by atoms with Gasteiger partial charge in [0, 0.05) is 19.6 Å². The van der Waals surface area contributed by atoms with E-state index in [1.165, 1.54) is 23.5 Å². The smallest absolute Gasteiger partial charge is 0.183 e. The van der Waals surface area contributed by atoms with E-state index < -0.39 is 0 Å². The summed E-state index contributed by atoms with van der Waals surface area (Å²) in [6.45, 7) is 3.41. The van der Waals surface area contributed by atoms with Gasteiger partial charge in [-0.25, -0.2) is 9.37 Å². The fourth-order valence-electron chi connectivity index (χ4n) is 2.17. The number of likely N-dealkylation sites (N-methyl/N-ethyl adjacent to an activating group) is 1. The summed E-state index contributed by atoms with van der Waals surface area (Å²) >= 11 is 1.47. The van der Waals surface area contributed by atoms with Crippen molar-refractivity contribution in [2.24, 2.45) is 0 Å². The van der Waals surface area contributed by atoms with Crippen LogP contribution in [0.25, 0.3) is 10.2 Å². The average Bonchev–Trinajstić information content (AvgIpc) is 2.78. The van der Waals surface area contributed by atoms with Gasteiger partial charge in [0.05, 0.1) is 22.9 Å². The number of hydrogen-bond donors (Lipinski definition) is 1. The molecular weight excluding hydrogens is 265 g/mol. The Morgan fingerprint density at radius 1 is 1.58 bits per heavy atom. The first-order valence-electron chi connectivity index (χ1n) is 6.31. The van der Waals surface area contributed by atoms with Crippen molar-refractivity contribution >= 4 is 26.7 Å². The molecule has 0 aliphatic carbocycles. The highest BCUT2D eigenvalue weighted by atomic mass is 32.1. The molecule has 1 aromatic heterocycles. The van der Waals surface area contributed by atoms with Gasteiger partial charge in [-0.05, 0) is 25.2 Å². The van der Waals surface area contributed by atoms with Crippen LogP contribution in [0.15, 0.2) is 18.2 Å². The molecule has 0 amide bonds. The summed E-state index contributed by atoms with van der Waals surface area (Å²) in [5.41, 5.74) is 0.829. The zero-order valence-electron chi connectivity index (χ0n) is 10.7. The van der Waals surface area contributed by atoms with Crippen LogP contribution < -0.4 is 5.32 Å². The monoisotopic (exact) mass is 281 g/mol. The summed E-state index contributed by atoms with van der Waals surface area (Å²) in [5.74, 6) is -0.222. The molecule has 102 valence electrons. The molecule has 1 saturated heterocycles. The summed E-state index contributed by atoms with van der Waals surface area (Å²) in [6.07, 6.45) is 0.183. The van der Waals surface area contributed by atoms with E-state index in [-0.39, 0.29) is 11.9 Å². The molecule has 0 bridgehead atoms. The molecule has 4 nitrogen and oxygen atoms in total. The second kappa shape index (κ2) is 5.40. The van der Waals surface area contributed by atoms with Gasteiger partial charge in [0.25, 0.3) is 0 Å². The van der Waals surface area contributed by atoms with Crippen LogP contribution in [0.4, 0.5) is 9.52 Å². The van der Waals surface area contributed by atoms with E-state index in [4.69, 9.17) is 4.74 Å². The Morgan fingerprint density at radius 3 is 3.32 bits per heavy atom. The number of rotatable bonds is 3. The third kappa shape index (κ3) is 3.02. The maximum Gasteiger partial charge on any atom is 0.183 e. The van der Waals surface area contributed by atoms with Gasteiger partial charge in [-0.1, -0.05) is 11.3 Å². The van der Waals surface area contributed by atoms with Crippen LogP contribution in [-0.4, -0.2) is 49.3 Å². The van der Waals surface area contributed by atoms with Crippen LogP contribution in [0.2, 0.25) is 0 Å². The van der Waals surface area contributed by atoms with Crippen LogP contribution in [0.1, 0.15) is 0 Å². The van der Waals surface area contributed by atoms with Gasteiger partial charge in [0.15, 0.2) is 5.13 Å². The number of hydrogen-bond acceptors (Lipinski definition) is 5. The largest absolute Gasteiger partial charge is 0.374 e. The molecule has 1 atom stereocenters. The molecule has 0 radical (unpaired) electrons. The van der Waals surface area contributed by atoms with Crippen molar-refractivity contribution in [3.8, 4) is 0 Å². The number of ether oxygens (including phenoxy) is 1. The van der Waals surface area contributed by atoms with Crippen LogP contribution >= 0.6 is 11.3 Å². The summed E-state index contributed by atoms with van der Waals surface area (Å²) < 4.78 is 19.6. The number of nitrogens with zero attached hydrogens (tertiary/aromatic N) is 2. The third-order valence-corrected chi connectivity index (χ3v) is 4.15. The molecule has 2 aromatic rings. The van der Waals surface area contributed by atoms with E-state index in [0.29, 0.717) is 0 Å². The standard InChI is InChI=1S/C13H16FN3OS/c1-17-4-5-18-10(8-17)7-15-13-16-11-3-2-9(14)6-12(11)19-13/h2-3,6,10H,4-5,7-8H2,1H3,(H,15,16). The molecule has 1 N–H and O–H groups in total. The van der Waals surface area contributed by atoms with Gasteiger partial charge < -0.3 is 15.0 Å². The number of nitrogens with one attached hydrogen (secondary N) is 1. The summed E-state index contributed by atoms with van der Waals surface area (Å²) in [6, 6.07) is 4.66. The Balaban J connectivity index is 1.65. The number of fused-ring (bicyclic) bond motifs is 1. The lowest BCUT2D eigenvalue weighted by Gasteiger charge is -2.29. The van der Waals surface area contributed by atoms with Crippen molar-refractivity contribution in [3.05, 3.63) is 24.0 Å². The predicted molar refractivity (Wildman–Crippen MR) is 75.3 cm³/mol. The van der Waals surface area contributed by atoms with E-state index in [1.807, 2.05) is 0 Å². The number of halogens is 1. The molecule has 6 heteroatoms. The molecule has 2 heterocycles. The van der Waals surface area contributed by atoms with Gasteiger partial charge in [-0.3, -0.25) is 0 Å². The van der Waals surface area contributed by atoms with Gasteiger partial charge in [-0.15, -0.1) is 0 Å². The highest BCUT2D eigenvalue weighted by molar-refractivity contribution is 7.22. The van der Waals surface area contributed by atoms with Crippen molar-refractivity contribution in [1.29, 1.82) is 0 Å². The van der Waals surface area contributed by atoms with Crippen molar-refractivity contribution in [3.63, 3.8) is 0 Å². The average molecular weight is 281 g/mol. The fourth-order valence-corrected chi connectivity index (χ4v) is 3.06. The summed E-state index contributed by atoms with van der Waals surface area (Å²) in [5, 5.41) is 4.09. The lowest BCUT2D eigenvalue weighted by Crippen LogP contribution is -2.43. The van der Waals surface area contributed by atoms with Crippen molar-refractivity contribution in [2.45, 2.75) is 6.10 Å². The first kappa shape index (κ1) is 12.8. The van der Waals surface area contributed by atoms with E-state index in [1.54, 1.807) is 6.07 Å². The molecule has 1 aliphatic rings. The topological polar surface area (TPSA) is 37.4 Å². The van der Waals surface area contributed by atoms with Crippen molar-refractivity contribution in [2.75, 3.05) is 38.6 Å². The van der Waals surface area contributed by atoms with Gasteiger partial charge in [-0.2, -0.15) is 0 Å². The van der Waals surface area contributed by atoms with Gasteiger partial charge in [0.2, 0.25) is 0 Å². The van der Waals surface area contributed by atoms with Crippen LogP contribution in [0.5, 0.6) is 0 Å². The van der Waals surface area contributed by atoms with Gasteiger partial charge in [0.1, 0.15) is 5.82 Å². The normalized spacial score (nSPS) is 20.8. The van der Waals surface area contributed by atoms with E-state index in [2.05, 4.69) is 22.2 Å². The predicted octanol–water partition coefficient (Wildman–Crippen LogP) is 2.18. The molecular formula is C13H16FN3OS. The molecule has 1 unspecified atom stereocenters. The van der Waals surface area contributed by atoms with Gasteiger partial charge >= 0.3 is 0 Å². The minimum Gasteiger partial charge on any atom is -0.374 e. The lowest BCUT2D eigenvalue weighted by atomic mass is 10.3. The van der Waals surface area contributed by atoms with Crippen molar-refractivity contribution in [1.82, 2.24) is 9.88 Å². The highest BCUT2D eigenvalue weighted by Crippen LogP contribution is 2.26. The third-order valence-electron chi connectivity index (χ3n) is 3.17. The molecule has 0 spiro atoms. The first-order chi connectivity index (χ1) is 9.20. The highest BCUT2D eigenvalue weighted by Gasteiger charge is 2.17. The Bertz CT molecular complexity index is 574. The zero-order valence-corrected chi connectivity index (χ0v) is 11.5. The molecule has 3 rings (SSSR count).